The minimum absolute atomic E-state index is 0.0619. The molecule has 2 aromatic rings. The highest BCUT2D eigenvalue weighted by atomic mass is 32.2. The van der Waals surface area contributed by atoms with Gasteiger partial charge in [-0.25, -0.2) is 18.1 Å². The molecule has 0 radical (unpaired) electrons. The van der Waals surface area contributed by atoms with Crippen LogP contribution in [0.25, 0.3) is 0 Å². The second-order valence-corrected chi connectivity index (χ2v) is 7.47. The highest BCUT2D eigenvalue weighted by molar-refractivity contribution is 7.89. The quantitative estimate of drug-likeness (QED) is 0.925. The fraction of sp³-hybridized carbons (Fsp3) is 0.438. The zero-order valence-electron chi connectivity index (χ0n) is 13.5. The molecule has 0 spiro atoms. The number of ether oxygens (including phenoxy) is 1. The lowest BCUT2D eigenvalue weighted by Crippen LogP contribution is -2.42. The topological polar surface area (TPSA) is 73.2 Å². The van der Waals surface area contributed by atoms with Crippen LogP contribution in [0.4, 0.5) is 0 Å². The largest absolute Gasteiger partial charge is 0.491 e. The van der Waals surface area contributed by atoms with Crippen LogP contribution in [0.5, 0.6) is 5.75 Å². The molecule has 0 bridgehead atoms. The summed E-state index contributed by atoms with van der Waals surface area (Å²) in [7, 11) is -3.65. The smallest absolute Gasteiger partial charge is 0.259 e. The number of para-hydroxylation sites is 1. The van der Waals surface area contributed by atoms with Crippen molar-refractivity contribution in [2.45, 2.75) is 44.8 Å². The zero-order valence-corrected chi connectivity index (χ0v) is 14.4. The van der Waals surface area contributed by atoms with Gasteiger partial charge in [0.25, 0.3) is 10.0 Å². The Balaban J connectivity index is 1.79. The van der Waals surface area contributed by atoms with Crippen LogP contribution >= 0.6 is 0 Å². The van der Waals surface area contributed by atoms with Gasteiger partial charge in [0, 0.05) is 12.7 Å². The molecular weight excluding hydrogens is 314 g/mol. The molecule has 0 fully saturated rings. The lowest BCUT2D eigenvalue weighted by atomic mass is 10.0. The maximum Gasteiger partial charge on any atom is 0.259 e. The van der Waals surface area contributed by atoms with Gasteiger partial charge in [0.15, 0.2) is 5.03 Å². The van der Waals surface area contributed by atoms with Crippen LogP contribution in [-0.4, -0.2) is 30.6 Å². The molecule has 1 atom stereocenters. The van der Waals surface area contributed by atoms with Crippen molar-refractivity contribution in [1.82, 2.24) is 14.3 Å². The second-order valence-electron chi connectivity index (χ2n) is 5.81. The van der Waals surface area contributed by atoms with Gasteiger partial charge >= 0.3 is 0 Å². The maximum atomic E-state index is 12.5. The van der Waals surface area contributed by atoms with E-state index < -0.39 is 10.0 Å². The third-order valence-electron chi connectivity index (χ3n) is 4.08. The predicted octanol–water partition coefficient (Wildman–Crippen LogP) is 1.80. The van der Waals surface area contributed by atoms with E-state index in [-0.39, 0.29) is 11.1 Å². The number of benzene rings is 1. The summed E-state index contributed by atoms with van der Waals surface area (Å²) in [6.07, 6.45) is 2.18. The van der Waals surface area contributed by atoms with Crippen LogP contribution in [-0.2, 0) is 23.0 Å². The highest BCUT2D eigenvalue weighted by Crippen LogP contribution is 2.28. The van der Waals surface area contributed by atoms with E-state index in [1.807, 2.05) is 36.6 Å². The number of hydrogen-bond acceptors (Lipinski definition) is 4. The normalized spacial score (nSPS) is 17.6. The van der Waals surface area contributed by atoms with Crippen molar-refractivity contribution < 1.29 is 13.2 Å². The summed E-state index contributed by atoms with van der Waals surface area (Å²) in [6.45, 7) is 6.75. The van der Waals surface area contributed by atoms with E-state index in [2.05, 4.69) is 9.71 Å². The van der Waals surface area contributed by atoms with Crippen molar-refractivity contribution >= 4 is 10.0 Å². The van der Waals surface area contributed by atoms with Gasteiger partial charge in [-0.1, -0.05) is 18.2 Å². The predicted molar refractivity (Wildman–Crippen MR) is 87.1 cm³/mol. The third kappa shape index (κ3) is 3.11. The van der Waals surface area contributed by atoms with Gasteiger partial charge in [-0.15, -0.1) is 0 Å². The lowest BCUT2D eigenvalue weighted by molar-refractivity contribution is 0.252. The number of aryl methyl sites for hydroxylation is 3. The number of nitrogens with one attached hydrogen (secondary N) is 1. The number of rotatable bonds is 4. The van der Waals surface area contributed by atoms with Crippen LogP contribution in [0.3, 0.4) is 0 Å². The number of aromatic nitrogens is 2. The standard InChI is InChI=1S/C16H21N3O3S/c1-4-19-9-15(17-12(19)3)23(20,21)18-14-8-13-7-5-6-11(2)16(13)22-10-14/h5-7,9,14,18H,4,8,10H2,1-3H3. The summed E-state index contributed by atoms with van der Waals surface area (Å²) >= 11 is 0. The molecular formula is C16H21N3O3S. The van der Waals surface area contributed by atoms with Gasteiger partial charge in [-0.2, -0.15) is 0 Å². The summed E-state index contributed by atoms with van der Waals surface area (Å²) in [4.78, 5) is 4.15. The fourth-order valence-corrected chi connectivity index (χ4v) is 4.10. The molecule has 124 valence electrons. The number of hydrogen-bond donors (Lipinski definition) is 1. The van der Waals surface area contributed by atoms with Gasteiger partial charge in [-0.3, -0.25) is 0 Å². The Labute approximate surface area is 136 Å². The summed E-state index contributed by atoms with van der Waals surface area (Å²) in [5, 5.41) is 0.0619. The minimum atomic E-state index is -3.65. The van der Waals surface area contributed by atoms with Crippen molar-refractivity contribution in [3.05, 3.63) is 41.3 Å². The van der Waals surface area contributed by atoms with E-state index in [0.29, 0.717) is 25.4 Å². The molecule has 1 unspecified atom stereocenters. The Morgan fingerprint density at radius 3 is 2.87 bits per heavy atom. The van der Waals surface area contributed by atoms with Crippen molar-refractivity contribution in [2.24, 2.45) is 0 Å². The van der Waals surface area contributed by atoms with Crippen LogP contribution < -0.4 is 9.46 Å². The number of fused-ring (bicyclic) bond motifs is 1. The van der Waals surface area contributed by atoms with Crippen LogP contribution in [0, 0.1) is 13.8 Å². The van der Waals surface area contributed by atoms with Crippen molar-refractivity contribution in [1.29, 1.82) is 0 Å². The van der Waals surface area contributed by atoms with Gasteiger partial charge in [0.2, 0.25) is 0 Å². The average molecular weight is 335 g/mol. The number of nitrogens with zero attached hydrogens (tertiary/aromatic N) is 2. The van der Waals surface area contributed by atoms with Gasteiger partial charge < -0.3 is 9.30 Å². The molecule has 1 aromatic heterocycles. The van der Waals surface area contributed by atoms with E-state index in [4.69, 9.17) is 4.74 Å². The fourth-order valence-electron chi connectivity index (χ4n) is 2.87. The molecule has 1 aliphatic heterocycles. The maximum absolute atomic E-state index is 12.5. The Hall–Kier alpha value is -1.86. The minimum Gasteiger partial charge on any atom is -0.491 e. The molecule has 0 aliphatic carbocycles. The molecule has 1 aliphatic rings. The first kappa shape index (κ1) is 16.0. The molecule has 23 heavy (non-hydrogen) atoms. The third-order valence-corrected chi connectivity index (χ3v) is 5.47. The van der Waals surface area contributed by atoms with Crippen molar-refractivity contribution in [3.63, 3.8) is 0 Å². The van der Waals surface area contributed by atoms with E-state index >= 15 is 0 Å². The molecule has 1 N–H and O–H groups in total. The Kier molecular flexibility index (Phi) is 4.16. The number of imidazole rings is 1. The molecule has 3 rings (SSSR count). The van der Waals surface area contributed by atoms with Gasteiger partial charge in [0.05, 0.1) is 6.04 Å². The second kappa shape index (κ2) is 5.98. The van der Waals surface area contributed by atoms with E-state index in [9.17, 15) is 8.42 Å². The van der Waals surface area contributed by atoms with Crippen LogP contribution in [0.1, 0.15) is 23.9 Å². The first-order valence-corrected chi connectivity index (χ1v) is 9.16. The van der Waals surface area contributed by atoms with Crippen molar-refractivity contribution in [3.8, 4) is 5.75 Å². The van der Waals surface area contributed by atoms with Crippen LogP contribution in [0.2, 0.25) is 0 Å². The molecule has 0 amide bonds. The van der Waals surface area contributed by atoms with E-state index in [1.54, 1.807) is 13.1 Å². The SMILES string of the molecule is CCn1cc(S(=O)(=O)NC2COc3c(C)cccc3C2)nc1C. The van der Waals surface area contributed by atoms with Gasteiger partial charge in [-0.05, 0) is 38.3 Å². The number of sulfonamides is 1. The first-order valence-electron chi connectivity index (χ1n) is 7.68. The Bertz CT molecular complexity index is 827. The van der Waals surface area contributed by atoms with E-state index in [1.165, 1.54) is 0 Å². The van der Waals surface area contributed by atoms with Crippen molar-refractivity contribution in [2.75, 3.05) is 6.61 Å². The molecule has 0 saturated carbocycles. The summed E-state index contributed by atoms with van der Waals surface area (Å²) < 4.78 is 35.3. The van der Waals surface area contributed by atoms with E-state index in [0.717, 1.165) is 16.9 Å². The molecule has 2 heterocycles. The Morgan fingerprint density at radius 1 is 1.39 bits per heavy atom. The summed E-state index contributed by atoms with van der Waals surface area (Å²) in [5.74, 6) is 1.56. The first-order chi connectivity index (χ1) is 10.9. The highest BCUT2D eigenvalue weighted by Gasteiger charge is 2.27. The van der Waals surface area contributed by atoms with Gasteiger partial charge in [0.1, 0.15) is 18.2 Å². The molecule has 7 heteroatoms. The van der Waals surface area contributed by atoms with Crippen LogP contribution in [0.15, 0.2) is 29.4 Å². The summed E-state index contributed by atoms with van der Waals surface area (Å²) in [6, 6.07) is 5.63. The molecule has 1 aromatic carbocycles. The summed E-state index contributed by atoms with van der Waals surface area (Å²) in [5.41, 5.74) is 2.10. The molecule has 0 saturated heterocycles. The molecule has 6 nitrogen and oxygen atoms in total. The Morgan fingerprint density at radius 2 is 2.17 bits per heavy atom. The monoisotopic (exact) mass is 335 g/mol. The lowest BCUT2D eigenvalue weighted by Gasteiger charge is -2.26. The zero-order chi connectivity index (χ0) is 16.6. The average Bonchev–Trinajstić information content (AvgIpc) is 2.89.